The summed E-state index contributed by atoms with van der Waals surface area (Å²) in [5.74, 6) is 1.04. The lowest BCUT2D eigenvalue weighted by Gasteiger charge is -2.43. The van der Waals surface area contributed by atoms with E-state index in [9.17, 15) is 9.59 Å². The van der Waals surface area contributed by atoms with Crippen molar-refractivity contribution in [2.45, 2.75) is 44.4 Å². The highest BCUT2D eigenvalue weighted by Gasteiger charge is 2.44. The molecule has 0 aromatic heterocycles. The molecule has 0 atom stereocenters. The number of carbonyl (C=O) groups is 2. The van der Waals surface area contributed by atoms with E-state index in [2.05, 4.69) is 5.32 Å². The van der Waals surface area contributed by atoms with Crippen LogP contribution in [0.4, 0.5) is 4.79 Å². The number of methoxy groups -OCH3 is 1. The summed E-state index contributed by atoms with van der Waals surface area (Å²) < 4.78 is 5.28. The average molecular weight is 373 g/mol. The Morgan fingerprint density at radius 2 is 1.59 bits per heavy atom. The number of rotatable bonds is 4. The van der Waals surface area contributed by atoms with Gasteiger partial charge < -0.3 is 19.9 Å². The van der Waals surface area contributed by atoms with Crippen molar-refractivity contribution in [3.05, 3.63) is 29.8 Å². The van der Waals surface area contributed by atoms with Gasteiger partial charge in [0.15, 0.2) is 0 Å². The van der Waals surface area contributed by atoms with Crippen LogP contribution in [0.1, 0.15) is 44.6 Å². The number of carbonyl (C=O) groups excluding carboxylic acids is 2. The van der Waals surface area contributed by atoms with Gasteiger partial charge in [-0.1, -0.05) is 31.4 Å². The molecule has 1 aliphatic heterocycles. The molecule has 27 heavy (non-hydrogen) atoms. The molecule has 2 aliphatic rings. The Morgan fingerprint density at radius 1 is 1.00 bits per heavy atom. The van der Waals surface area contributed by atoms with Crippen LogP contribution in [0.25, 0.3) is 0 Å². The summed E-state index contributed by atoms with van der Waals surface area (Å²) in [6.07, 6.45) is 5.15. The van der Waals surface area contributed by atoms with Crippen LogP contribution in [0.2, 0.25) is 0 Å². The normalized spacial score (nSPS) is 19.5. The number of hydrogen-bond acceptors (Lipinski definition) is 3. The van der Waals surface area contributed by atoms with E-state index in [1.807, 2.05) is 36.1 Å². The first-order valence-corrected chi connectivity index (χ1v) is 10.1. The first kappa shape index (κ1) is 19.5. The van der Waals surface area contributed by atoms with E-state index in [1.54, 1.807) is 12.0 Å². The molecule has 0 radical (unpaired) electrons. The molecule has 1 aromatic carbocycles. The van der Waals surface area contributed by atoms with Crippen LogP contribution in [0.3, 0.4) is 0 Å². The summed E-state index contributed by atoms with van der Waals surface area (Å²) in [6, 6.07) is 7.96. The molecule has 0 spiro atoms. The number of nitrogens with zero attached hydrogens (tertiary/aromatic N) is 2. The minimum absolute atomic E-state index is 0.0351. The minimum Gasteiger partial charge on any atom is -0.497 e. The predicted octanol–water partition coefficient (Wildman–Crippen LogP) is 2.77. The van der Waals surface area contributed by atoms with Crippen molar-refractivity contribution in [2.24, 2.45) is 0 Å². The fraction of sp³-hybridized carbons (Fsp3) is 0.619. The Morgan fingerprint density at radius 3 is 2.15 bits per heavy atom. The van der Waals surface area contributed by atoms with Crippen LogP contribution in [0.15, 0.2) is 24.3 Å². The number of hydrogen-bond donors (Lipinski definition) is 1. The van der Waals surface area contributed by atoms with Gasteiger partial charge in [-0.15, -0.1) is 0 Å². The van der Waals surface area contributed by atoms with E-state index in [0.29, 0.717) is 32.7 Å². The van der Waals surface area contributed by atoms with Gasteiger partial charge in [0, 0.05) is 32.7 Å². The van der Waals surface area contributed by atoms with Crippen LogP contribution < -0.4 is 10.1 Å². The maximum atomic E-state index is 13.6. The number of ether oxygens (including phenoxy) is 1. The Bertz CT molecular complexity index is 645. The molecule has 0 bridgehead atoms. The van der Waals surface area contributed by atoms with Crippen molar-refractivity contribution in [3.63, 3.8) is 0 Å². The summed E-state index contributed by atoms with van der Waals surface area (Å²) >= 11 is 0. The van der Waals surface area contributed by atoms with Gasteiger partial charge in [0.05, 0.1) is 12.5 Å². The van der Waals surface area contributed by atoms with Crippen molar-refractivity contribution in [2.75, 3.05) is 39.8 Å². The molecule has 1 aliphatic carbocycles. The number of piperazine rings is 1. The zero-order chi connectivity index (χ0) is 19.3. The number of amides is 3. The topological polar surface area (TPSA) is 61.9 Å². The number of nitrogens with one attached hydrogen (secondary N) is 1. The largest absolute Gasteiger partial charge is 0.497 e. The Balaban J connectivity index is 1.75. The molecule has 1 saturated heterocycles. The first-order chi connectivity index (χ1) is 13.1. The fourth-order valence-electron chi connectivity index (χ4n) is 4.37. The molecule has 148 valence electrons. The van der Waals surface area contributed by atoms with Crippen LogP contribution >= 0.6 is 0 Å². The third-order valence-electron chi connectivity index (χ3n) is 5.94. The quantitative estimate of drug-likeness (QED) is 0.883. The molecular weight excluding hydrogens is 342 g/mol. The maximum absolute atomic E-state index is 13.6. The zero-order valence-corrected chi connectivity index (χ0v) is 16.5. The minimum atomic E-state index is -0.432. The summed E-state index contributed by atoms with van der Waals surface area (Å²) in [4.78, 5) is 29.4. The second-order valence-electron chi connectivity index (χ2n) is 7.49. The van der Waals surface area contributed by atoms with E-state index >= 15 is 0 Å². The van der Waals surface area contributed by atoms with Crippen LogP contribution in [-0.2, 0) is 10.2 Å². The molecule has 1 heterocycles. The van der Waals surface area contributed by atoms with E-state index in [1.165, 1.54) is 6.42 Å². The van der Waals surface area contributed by atoms with Gasteiger partial charge in [0.1, 0.15) is 5.75 Å². The molecule has 1 N–H and O–H groups in total. The monoisotopic (exact) mass is 373 g/mol. The second-order valence-corrected chi connectivity index (χ2v) is 7.49. The molecule has 0 unspecified atom stereocenters. The molecular formula is C21H31N3O3. The number of urea groups is 1. The number of benzene rings is 1. The van der Waals surface area contributed by atoms with Crippen LogP contribution in [0.5, 0.6) is 5.75 Å². The third kappa shape index (κ3) is 4.04. The van der Waals surface area contributed by atoms with Crippen molar-refractivity contribution in [1.29, 1.82) is 0 Å². The highest BCUT2D eigenvalue weighted by molar-refractivity contribution is 5.89. The summed E-state index contributed by atoms with van der Waals surface area (Å²) in [6.45, 7) is 4.94. The van der Waals surface area contributed by atoms with Crippen molar-refractivity contribution in [1.82, 2.24) is 15.1 Å². The molecule has 3 rings (SSSR count). The molecule has 6 heteroatoms. The highest BCUT2D eigenvalue weighted by Crippen LogP contribution is 2.41. The van der Waals surface area contributed by atoms with Crippen LogP contribution in [-0.4, -0.2) is 61.6 Å². The average Bonchev–Trinajstić information content (AvgIpc) is 2.74. The van der Waals surface area contributed by atoms with E-state index < -0.39 is 5.41 Å². The lowest BCUT2D eigenvalue weighted by molar-refractivity contribution is -0.140. The SMILES string of the molecule is CCNC(=O)N1CCN(C(=O)C2(c3ccc(OC)cc3)CCCCC2)CC1. The van der Waals surface area contributed by atoms with E-state index in [4.69, 9.17) is 4.74 Å². The van der Waals surface area contributed by atoms with E-state index in [0.717, 1.165) is 37.0 Å². The summed E-state index contributed by atoms with van der Waals surface area (Å²) in [5.41, 5.74) is 0.664. The molecule has 6 nitrogen and oxygen atoms in total. The Kier molecular flexibility index (Phi) is 6.24. The summed E-state index contributed by atoms with van der Waals surface area (Å²) in [7, 11) is 1.66. The van der Waals surface area contributed by atoms with Gasteiger partial charge in [0.2, 0.25) is 5.91 Å². The van der Waals surface area contributed by atoms with Crippen molar-refractivity contribution >= 4 is 11.9 Å². The van der Waals surface area contributed by atoms with Gasteiger partial charge in [-0.05, 0) is 37.5 Å². The van der Waals surface area contributed by atoms with Gasteiger partial charge >= 0.3 is 6.03 Å². The van der Waals surface area contributed by atoms with Gasteiger partial charge in [0.25, 0.3) is 0 Å². The smallest absolute Gasteiger partial charge is 0.317 e. The standard InChI is InChI=1S/C21H31N3O3/c1-3-22-20(26)24-15-13-23(14-16-24)19(25)21(11-5-4-6-12-21)17-7-9-18(27-2)10-8-17/h7-10H,3-6,11-16H2,1-2H3,(H,22,26). The van der Waals surface area contributed by atoms with Gasteiger partial charge in [-0.3, -0.25) is 4.79 Å². The van der Waals surface area contributed by atoms with E-state index in [-0.39, 0.29) is 11.9 Å². The Labute approximate surface area is 161 Å². The maximum Gasteiger partial charge on any atom is 0.317 e. The molecule has 1 aromatic rings. The van der Waals surface area contributed by atoms with Crippen molar-refractivity contribution in [3.8, 4) is 5.75 Å². The highest BCUT2D eigenvalue weighted by atomic mass is 16.5. The lowest BCUT2D eigenvalue weighted by Crippen LogP contribution is -2.57. The summed E-state index contributed by atoms with van der Waals surface area (Å²) in [5, 5.41) is 2.84. The molecule has 2 fully saturated rings. The lowest BCUT2D eigenvalue weighted by atomic mass is 9.68. The predicted molar refractivity (Wildman–Crippen MR) is 105 cm³/mol. The zero-order valence-electron chi connectivity index (χ0n) is 16.5. The first-order valence-electron chi connectivity index (χ1n) is 10.1. The second kappa shape index (κ2) is 8.63. The molecule has 1 saturated carbocycles. The molecule has 3 amide bonds. The van der Waals surface area contributed by atoms with Gasteiger partial charge in [-0.25, -0.2) is 4.79 Å². The van der Waals surface area contributed by atoms with Crippen LogP contribution in [0, 0.1) is 0 Å². The van der Waals surface area contributed by atoms with Crippen molar-refractivity contribution < 1.29 is 14.3 Å². The Hall–Kier alpha value is -2.24. The van der Waals surface area contributed by atoms with Gasteiger partial charge in [-0.2, -0.15) is 0 Å². The third-order valence-corrected chi connectivity index (χ3v) is 5.94. The fourth-order valence-corrected chi connectivity index (χ4v) is 4.37.